The largest absolute Gasteiger partial charge is 0.416 e. The van der Waals surface area contributed by atoms with E-state index in [1.807, 2.05) is 34.7 Å². The van der Waals surface area contributed by atoms with Gasteiger partial charge in [-0.15, -0.1) is 10.2 Å². The number of hydrogen-bond acceptors (Lipinski definition) is 6. The maximum atomic E-state index is 14.1. The quantitative estimate of drug-likeness (QED) is 0.487. The van der Waals surface area contributed by atoms with Crippen LogP contribution in [0.1, 0.15) is 46.3 Å². The van der Waals surface area contributed by atoms with E-state index in [9.17, 15) is 22.7 Å². The first-order valence-corrected chi connectivity index (χ1v) is 12.7. The maximum Gasteiger partial charge on any atom is 0.416 e. The summed E-state index contributed by atoms with van der Waals surface area (Å²) in [6, 6.07) is 10.3. The highest BCUT2D eigenvalue weighted by molar-refractivity contribution is 5.58. The zero-order valence-electron chi connectivity index (χ0n) is 21.0. The van der Waals surface area contributed by atoms with E-state index in [1.54, 1.807) is 23.4 Å². The van der Waals surface area contributed by atoms with Gasteiger partial charge in [0.15, 0.2) is 6.23 Å². The summed E-state index contributed by atoms with van der Waals surface area (Å²) < 4.78 is 63.5. The molecule has 0 bridgehead atoms. The Bertz CT molecular complexity index is 1340. The lowest BCUT2D eigenvalue weighted by atomic mass is 9.75. The third-order valence-corrected chi connectivity index (χ3v) is 8.02. The average Bonchev–Trinajstić information content (AvgIpc) is 3.54. The van der Waals surface area contributed by atoms with Crippen molar-refractivity contribution in [1.82, 2.24) is 19.7 Å². The lowest BCUT2D eigenvalue weighted by Gasteiger charge is -2.42. The number of aryl methyl sites for hydroxylation is 1. The van der Waals surface area contributed by atoms with Crippen LogP contribution in [0.5, 0.6) is 0 Å². The zero-order valence-corrected chi connectivity index (χ0v) is 21.0. The van der Waals surface area contributed by atoms with E-state index in [-0.39, 0.29) is 36.2 Å². The molecule has 3 aliphatic rings. The van der Waals surface area contributed by atoms with Crippen LogP contribution in [0.25, 0.3) is 0 Å². The molecule has 0 spiro atoms. The molecule has 2 fully saturated rings. The molecule has 0 amide bonds. The molecule has 7 nitrogen and oxygen atoms in total. The predicted molar refractivity (Wildman–Crippen MR) is 131 cm³/mol. The number of ether oxygens (including phenoxy) is 1. The van der Waals surface area contributed by atoms with Crippen molar-refractivity contribution in [2.24, 2.45) is 7.05 Å². The summed E-state index contributed by atoms with van der Waals surface area (Å²) in [6.07, 6.45) is -4.14. The number of benzene rings is 2. The summed E-state index contributed by atoms with van der Waals surface area (Å²) in [7, 11) is 1.88. The SMILES string of the molecule is Cn1cnnc1CC1(c2cccc(N3Cc4c(cc(CN5CC[C@H](F)C5)cc4C(F)(F)F)C3O)c2)COC1. The number of aromatic nitrogens is 3. The zero-order chi connectivity index (χ0) is 26.7. The molecule has 3 aliphatic heterocycles. The van der Waals surface area contributed by atoms with Crippen LogP contribution in [0.2, 0.25) is 0 Å². The van der Waals surface area contributed by atoms with Gasteiger partial charge in [-0.2, -0.15) is 13.2 Å². The standard InChI is InChI=1S/C27H29F4N5O2/c1-34-16-32-33-24(34)10-26(14-38-15-26)18-3-2-4-20(9-18)36-13-22-21(25(36)37)7-17(8-23(22)27(29,30)31)11-35-6-5-19(28)12-35/h2-4,7-9,16,19,25,37H,5-6,10-15H2,1H3/t19-,25?/m0/s1. The third-order valence-electron chi connectivity index (χ3n) is 8.02. The van der Waals surface area contributed by atoms with Crippen molar-refractivity contribution in [1.29, 1.82) is 0 Å². The highest BCUT2D eigenvalue weighted by Gasteiger charge is 2.43. The van der Waals surface area contributed by atoms with Gasteiger partial charge in [-0.25, -0.2) is 4.39 Å². The molecular formula is C27H29F4N5O2. The third kappa shape index (κ3) is 4.46. The number of nitrogens with zero attached hydrogens (tertiary/aromatic N) is 5. The van der Waals surface area contributed by atoms with Gasteiger partial charge >= 0.3 is 6.18 Å². The number of anilines is 1. The summed E-state index contributed by atoms with van der Waals surface area (Å²) >= 11 is 0. The van der Waals surface area contributed by atoms with Crippen molar-refractivity contribution in [3.8, 4) is 0 Å². The molecule has 3 aromatic rings. The Morgan fingerprint density at radius 2 is 2.00 bits per heavy atom. The van der Waals surface area contributed by atoms with Crippen molar-refractivity contribution in [2.75, 3.05) is 31.2 Å². The van der Waals surface area contributed by atoms with Gasteiger partial charge < -0.3 is 19.3 Å². The highest BCUT2D eigenvalue weighted by atomic mass is 19.4. The smallest absolute Gasteiger partial charge is 0.379 e. The summed E-state index contributed by atoms with van der Waals surface area (Å²) in [5.74, 6) is 0.812. The minimum atomic E-state index is -4.57. The van der Waals surface area contributed by atoms with Crippen molar-refractivity contribution in [2.45, 2.75) is 49.9 Å². The molecule has 0 radical (unpaired) electrons. The van der Waals surface area contributed by atoms with Gasteiger partial charge in [0.05, 0.1) is 18.8 Å². The molecule has 11 heteroatoms. The molecule has 6 rings (SSSR count). The number of fused-ring (bicyclic) bond motifs is 1. The number of halogens is 4. The van der Waals surface area contributed by atoms with Crippen molar-refractivity contribution >= 4 is 5.69 Å². The Morgan fingerprint density at radius 3 is 2.63 bits per heavy atom. The van der Waals surface area contributed by atoms with E-state index in [4.69, 9.17) is 4.74 Å². The van der Waals surface area contributed by atoms with Crippen molar-refractivity contribution < 1.29 is 27.4 Å². The maximum absolute atomic E-state index is 14.1. The van der Waals surface area contributed by atoms with Crippen LogP contribution in [0.3, 0.4) is 0 Å². The van der Waals surface area contributed by atoms with E-state index in [0.717, 1.165) is 17.5 Å². The van der Waals surface area contributed by atoms with E-state index >= 15 is 0 Å². The van der Waals surface area contributed by atoms with Gasteiger partial charge in [-0.05, 0) is 47.4 Å². The first-order valence-electron chi connectivity index (χ1n) is 12.7. The van der Waals surface area contributed by atoms with E-state index in [0.29, 0.717) is 43.9 Å². The van der Waals surface area contributed by atoms with Gasteiger partial charge in [-0.3, -0.25) is 4.90 Å². The molecule has 1 unspecified atom stereocenters. The first kappa shape index (κ1) is 25.3. The summed E-state index contributed by atoms with van der Waals surface area (Å²) in [5.41, 5.74) is 1.27. The summed E-state index contributed by atoms with van der Waals surface area (Å²) in [6.45, 7) is 1.83. The van der Waals surface area contributed by atoms with E-state index in [2.05, 4.69) is 10.2 Å². The normalized spacial score (nSPS) is 23.1. The summed E-state index contributed by atoms with van der Waals surface area (Å²) in [5, 5.41) is 19.4. The van der Waals surface area contributed by atoms with Gasteiger partial charge in [0, 0.05) is 56.3 Å². The molecule has 1 aromatic heterocycles. The monoisotopic (exact) mass is 531 g/mol. The van der Waals surface area contributed by atoms with Crippen LogP contribution >= 0.6 is 0 Å². The number of aliphatic hydroxyl groups is 1. The molecule has 4 heterocycles. The van der Waals surface area contributed by atoms with Gasteiger partial charge in [0.1, 0.15) is 18.3 Å². The fraction of sp³-hybridized carbons (Fsp3) is 0.481. The molecule has 1 N–H and O–H groups in total. The molecule has 2 saturated heterocycles. The van der Waals surface area contributed by atoms with Crippen LogP contribution < -0.4 is 4.90 Å². The Kier molecular flexibility index (Phi) is 6.20. The fourth-order valence-electron chi connectivity index (χ4n) is 5.86. The van der Waals surface area contributed by atoms with Gasteiger partial charge in [0.25, 0.3) is 0 Å². The van der Waals surface area contributed by atoms with Crippen LogP contribution in [-0.4, -0.2) is 57.2 Å². The minimum Gasteiger partial charge on any atom is -0.379 e. The fourth-order valence-corrected chi connectivity index (χ4v) is 5.86. The number of rotatable bonds is 6. The molecular weight excluding hydrogens is 502 g/mol. The highest BCUT2D eigenvalue weighted by Crippen LogP contribution is 2.45. The average molecular weight is 532 g/mol. The van der Waals surface area contributed by atoms with Crippen molar-refractivity contribution in [3.05, 3.63) is 76.4 Å². The van der Waals surface area contributed by atoms with E-state index < -0.39 is 24.1 Å². The Hall–Kier alpha value is -3.02. The second-order valence-corrected chi connectivity index (χ2v) is 10.7. The molecule has 2 atom stereocenters. The number of aliphatic hydroxyl groups excluding tert-OH is 1. The van der Waals surface area contributed by atoms with Gasteiger partial charge in [-0.1, -0.05) is 12.1 Å². The minimum absolute atomic E-state index is 0.0713. The lowest BCUT2D eigenvalue weighted by Crippen LogP contribution is -2.49. The molecule has 0 aliphatic carbocycles. The predicted octanol–water partition coefficient (Wildman–Crippen LogP) is 3.90. The van der Waals surface area contributed by atoms with Gasteiger partial charge in [0.2, 0.25) is 0 Å². The van der Waals surface area contributed by atoms with Crippen LogP contribution in [-0.2, 0) is 42.9 Å². The second kappa shape index (κ2) is 9.32. The first-order chi connectivity index (χ1) is 18.1. The number of likely N-dealkylation sites (tertiary alicyclic amines) is 1. The van der Waals surface area contributed by atoms with Crippen molar-refractivity contribution in [3.63, 3.8) is 0 Å². The van der Waals surface area contributed by atoms with Crippen LogP contribution in [0, 0.1) is 0 Å². The number of alkyl halides is 4. The Labute approximate surface area is 217 Å². The number of hydrogen-bond donors (Lipinski definition) is 1. The van der Waals surface area contributed by atoms with E-state index in [1.165, 1.54) is 0 Å². The summed E-state index contributed by atoms with van der Waals surface area (Å²) in [4.78, 5) is 3.41. The molecule has 38 heavy (non-hydrogen) atoms. The van der Waals surface area contributed by atoms with Crippen LogP contribution in [0.15, 0.2) is 42.7 Å². The molecule has 202 valence electrons. The topological polar surface area (TPSA) is 66.7 Å². The Morgan fingerprint density at radius 1 is 1.18 bits per heavy atom. The molecule has 2 aromatic carbocycles. The Balaban J connectivity index is 1.31. The lowest BCUT2D eigenvalue weighted by molar-refractivity contribution is -0.138. The van der Waals surface area contributed by atoms with Crippen LogP contribution in [0.4, 0.5) is 23.2 Å². The second-order valence-electron chi connectivity index (χ2n) is 10.7. The molecule has 0 saturated carbocycles.